The number of hydrogen-bond donors (Lipinski definition) is 4. The number of amides is 1. The highest BCUT2D eigenvalue weighted by Gasteiger charge is 2.39. The van der Waals surface area contributed by atoms with E-state index in [9.17, 15) is 15.0 Å². The standard InChI is InChI=1S/C20H17N3O3/c24-11-8-13-19(17(25)9-11)22-18(16-6-3-7-23(16)20(13)26)14-10-21-15-5-2-1-4-12(14)15/h1-5,7-10,16,18,21-22,24-25H,6H2/t16-,18-/m0/s1. The highest BCUT2D eigenvalue weighted by molar-refractivity contribution is 6.03. The monoisotopic (exact) mass is 347 g/mol. The summed E-state index contributed by atoms with van der Waals surface area (Å²) >= 11 is 0. The number of fused-ring (bicyclic) bond motifs is 3. The van der Waals surface area contributed by atoms with Gasteiger partial charge in [0, 0.05) is 34.9 Å². The summed E-state index contributed by atoms with van der Waals surface area (Å²) in [4.78, 5) is 18.0. The molecule has 5 rings (SSSR count). The second-order valence-electron chi connectivity index (χ2n) is 6.70. The van der Waals surface area contributed by atoms with E-state index in [1.54, 1.807) is 11.1 Å². The molecule has 0 saturated heterocycles. The SMILES string of the molecule is O=C1c2cc(O)cc(O)c2N[C@@H](c2c[nH]c3ccccc23)[C@@H]2CC=CN12. The molecule has 1 amide bonds. The minimum absolute atomic E-state index is 0.115. The Balaban J connectivity index is 1.72. The first kappa shape index (κ1) is 14.9. The van der Waals surface area contributed by atoms with Crippen LogP contribution in [0.15, 0.2) is 54.9 Å². The van der Waals surface area contributed by atoms with Crippen molar-refractivity contribution in [2.75, 3.05) is 5.32 Å². The van der Waals surface area contributed by atoms with Crippen molar-refractivity contribution in [2.45, 2.75) is 18.5 Å². The fourth-order valence-electron chi connectivity index (χ4n) is 4.01. The third-order valence-electron chi connectivity index (χ3n) is 5.21. The Bertz CT molecular complexity index is 1070. The summed E-state index contributed by atoms with van der Waals surface area (Å²) in [6.07, 6.45) is 6.42. The van der Waals surface area contributed by atoms with Gasteiger partial charge < -0.3 is 25.4 Å². The number of H-pyrrole nitrogens is 1. The van der Waals surface area contributed by atoms with Crippen molar-refractivity contribution in [1.29, 1.82) is 0 Å². The number of aromatic nitrogens is 1. The molecule has 2 aromatic carbocycles. The number of para-hydroxylation sites is 1. The number of carbonyl (C=O) groups excluding carboxylic acids is 1. The van der Waals surface area contributed by atoms with Crippen LogP contribution >= 0.6 is 0 Å². The molecule has 0 radical (unpaired) electrons. The van der Waals surface area contributed by atoms with Gasteiger partial charge in [0.1, 0.15) is 11.5 Å². The highest BCUT2D eigenvalue weighted by atomic mass is 16.3. The Kier molecular flexibility index (Phi) is 3.03. The summed E-state index contributed by atoms with van der Waals surface area (Å²) in [6, 6.07) is 10.3. The second-order valence-corrected chi connectivity index (χ2v) is 6.70. The number of hydrogen-bond acceptors (Lipinski definition) is 4. The fraction of sp³-hybridized carbons (Fsp3) is 0.150. The lowest BCUT2D eigenvalue weighted by Crippen LogP contribution is -2.37. The van der Waals surface area contributed by atoms with E-state index in [4.69, 9.17) is 0 Å². The maximum absolute atomic E-state index is 13.0. The van der Waals surface area contributed by atoms with Crippen LogP contribution in [0.3, 0.4) is 0 Å². The molecule has 6 heteroatoms. The molecule has 0 saturated carbocycles. The van der Waals surface area contributed by atoms with Crippen molar-refractivity contribution in [3.63, 3.8) is 0 Å². The molecule has 0 spiro atoms. The zero-order valence-electron chi connectivity index (χ0n) is 13.8. The van der Waals surface area contributed by atoms with Crippen LogP contribution in [0.4, 0.5) is 5.69 Å². The van der Waals surface area contributed by atoms with Gasteiger partial charge in [-0.2, -0.15) is 0 Å². The Morgan fingerprint density at radius 3 is 2.88 bits per heavy atom. The topological polar surface area (TPSA) is 88.6 Å². The van der Waals surface area contributed by atoms with E-state index in [0.29, 0.717) is 12.1 Å². The van der Waals surface area contributed by atoms with Gasteiger partial charge in [0.25, 0.3) is 5.91 Å². The number of rotatable bonds is 1. The third kappa shape index (κ3) is 2.02. The van der Waals surface area contributed by atoms with Crippen molar-refractivity contribution in [3.05, 3.63) is 66.0 Å². The largest absolute Gasteiger partial charge is 0.508 e. The van der Waals surface area contributed by atoms with Crippen LogP contribution in [0.25, 0.3) is 10.9 Å². The highest BCUT2D eigenvalue weighted by Crippen LogP contribution is 2.43. The van der Waals surface area contributed by atoms with Gasteiger partial charge in [-0.3, -0.25) is 4.79 Å². The zero-order valence-corrected chi connectivity index (χ0v) is 13.8. The number of aromatic amines is 1. The molecule has 0 aliphatic carbocycles. The van der Waals surface area contributed by atoms with E-state index < -0.39 is 0 Å². The average Bonchev–Trinajstić information content (AvgIpc) is 3.25. The Labute approximate surface area is 149 Å². The summed E-state index contributed by atoms with van der Waals surface area (Å²) in [5, 5.41) is 24.6. The third-order valence-corrected chi connectivity index (χ3v) is 5.21. The number of nitrogens with zero attached hydrogens (tertiary/aromatic N) is 1. The molecule has 2 aliphatic rings. The molecule has 4 N–H and O–H groups in total. The van der Waals surface area contributed by atoms with Gasteiger partial charge >= 0.3 is 0 Å². The van der Waals surface area contributed by atoms with Gasteiger partial charge in [-0.25, -0.2) is 0 Å². The predicted molar refractivity (Wildman–Crippen MR) is 98.1 cm³/mol. The number of anilines is 1. The molecule has 3 heterocycles. The van der Waals surface area contributed by atoms with Crippen molar-refractivity contribution in [3.8, 4) is 11.5 Å². The van der Waals surface area contributed by atoms with Gasteiger partial charge in [-0.15, -0.1) is 0 Å². The molecule has 3 aromatic rings. The van der Waals surface area contributed by atoms with Gasteiger partial charge in [-0.1, -0.05) is 24.3 Å². The Morgan fingerprint density at radius 1 is 1.15 bits per heavy atom. The second kappa shape index (κ2) is 5.29. The van der Waals surface area contributed by atoms with Crippen molar-refractivity contribution in [1.82, 2.24) is 9.88 Å². The molecule has 2 atom stereocenters. The molecule has 2 aliphatic heterocycles. The van der Waals surface area contributed by atoms with Crippen LogP contribution in [-0.2, 0) is 0 Å². The minimum atomic E-state index is -0.236. The van der Waals surface area contributed by atoms with E-state index in [0.717, 1.165) is 16.5 Å². The van der Waals surface area contributed by atoms with Crippen LogP contribution in [-0.4, -0.2) is 32.0 Å². The van der Waals surface area contributed by atoms with Crippen LogP contribution < -0.4 is 5.32 Å². The first-order valence-electron chi connectivity index (χ1n) is 8.51. The molecule has 0 fully saturated rings. The Hall–Kier alpha value is -3.41. The summed E-state index contributed by atoms with van der Waals surface area (Å²) in [5.74, 6) is -0.509. The molecule has 1 aromatic heterocycles. The maximum atomic E-state index is 13.0. The number of benzene rings is 2. The van der Waals surface area contributed by atoms with E-state index in [1.165, 1.54) is 12.1 Å². The smallest absolute Gasteiger partial charge is 0.260 e. The Morgan fingerprint density at radius 2 is 2.00 bits per heavy atom. The van der Waals surface area contributed by atoms with Crippen molar-refractivity contribution >= 4 is 22.5 Å². The van der Waals surface area contributed by atoms with Crippen molar-refractivity contribution < 1.29 is 15.0 Å². The maximum Gasteiger partial charge on any atom is 0.260 e. The van der Waals surface area contributed by atoms with E-state index in [-0.39, 0.29) is 35.1 Å². The summed E-state index contributed by atoms with van der Waals surface area (Å²) in [7, 11) is 0. The molecule has 26 heavy (non-hydrogen) atoms. The summed E-state index contributed by atoms with van der Waals surface area (Å²) in [6.45, 7) is 0. The first-order valence-corrected chi connectivity index (χ1v) is 8.51. The van der Waals surface area contributed by atoms with E-state index in [1.807, 2.05) is 36.5 Å². The zero-order chi connectivity index (χ0) is 17.8. The van der Waals surface area contributed by atoms with Crippen LogP contribution in [0.5, 0.6) is 11.5 Å². The number of aromatic hydroxyl groups is 2. The molecule has 130 valence electrons. The molecular weight excluding hydrogens is 330 g/mol. The number of carbonyl (C=O) groups is 1. The van der Waals surface area contributed by atoms with Gasteiger partial charge in [0.2, 0.25) is 0 Å². The van der Waals surface area contributed by atoms with Gasteiger partial charge in [0.15, 0.2) is 0 Å². The molecule has 0 unspecified atom stereocenters. The lowest BCUT2D eigenvalue weighted by atomic mass is 9.97. The minimum Gasteiger partial charge on any atom is -0.508 e. The average molecular weight is 347 g/mol. The summed E-state index contributed by atoms with van der Waals surface area (Å²) < 4.78 is 0. The van der Waals surface area contributed by atoms with E-state index in [2.05, 4.69) is 10.3 Å². The number of nitrogens with one attached hydrogen (secondary N) is 2. The lowest BCUT2D eigenvalue weighted by Gasteiger charge is -2.29. The van der Waals surface area contributed by atoms with Crippen LogP contribution in [0.2, 0.25) is 0 Å². The van der Waals surface area contributed by atoms with Crippen LogP contribution in [0.1, 0.15) is 28.4 Å². The molecular formula is C20H17N3O3. The molecule has 6 nitrogen and oxygen atoms in total. The van der Waals surface area contributed by atoms with Crippen molar-refractivity contribution in [2.24, 2.45) is 0 Å². The van der Waals surface area contributed by atoms with E-state index >= 15 is 0 Å². The summed E-state index contributed by atoms with van der Waals surface area (Å²) in [5.41, 5.74) is 2.67. The van der Waals surface area contributed by atoms with Gasteiger partial charge in [0.05, 0.1) is 23.3 Å². The quantitative estimate of drug-likeness (QED) is 0.401. The predicted octanol–water partition coefficient (Wildman–Crippen LogP) is 3.47. The first-order chi connectivity index (χ1) is 12.6. The fourth-order valence-corrected chi connectivity index (χ4v) is 4.01. The van der Waals surface area contributed by atoms with Gasteiger partial charge in [-0.05, 0) is 18.6 Å². The van der Waals surface area contributed by atoms with Crippen LogP contribution in [0, 0.1) is 0 Å². The number of phenolic OH excluding ortho intramolecular Hbond substituents is 2. The number of phenols is 2. The molecule has 0 bridgehead atoms. The lowest BCUT2D eigenvalue weighted by molar-refractivity contribution is 0.0780. The normalized spacial score (nSPS) is 21.4.